The highest BCUT2D eigenvalue weighted by atomic mass is 19.1. The predicted molar refractivity (Wildman–Crippen MR) is 76.4 cm³/mol. The summed E-state index contributed by atoms with van der Waals surface area (Å²) in [6.45, 7) is 4.22. The number of rotatable bonds is 4. The highest BCUT2D eigenvalue weighted by Crippen LogP contribution is 2.43. The number of hydrogen-bond donors (Lipinski definition) is 1. The van der Waals surface area contributed by atoms with E-state index in [0.29, 0.717) is 11.9 Å². The average Bonchev–Trinajstić information content (AvgIpc) is 3.17. The maximum Gasteiger partial charge on any atom is 0.225 e. The van der Waals surface area contributed by atoms with Crippen LogP contribution < -0.4 is 4.90 Å². The van der Waals surface area contributed by atoms with Gasteiger partial charge in [-0.1, -0.05) is 0 Å². The molecule has 2 saturated heterocycles. The van der Waals surface area contributed by atoms with E-state index in [1.807, 2.05) is 0 Å². The molecule has 2 aliphatic heterocycles. The van der Waals surface area contributed by atoms with Crippen LogP contribution in [0.4, 0.5) is 10.3 Å². The first-order valence-electron chi connectivity index (χ1n) is 7.77. The van der Waals surface area contributed by atoms with Crippen LogP contribution in [0.15, 0.2) is 12.4 Å². The molecular weight excluding hydrogens is 271 g/mol. The van der Waals surface area contributed by atoms with Crippen LogP contribution in [0, 0.1) is 17.7 Å². The molecule has 1 saturated carbocycles. The molecule has 0 radical (unpaired) electrons. The minimum Gasteiger partial charge on any atom is -0.396 e. The number of hydrogen-bond acceptors (Lipinski definition) is 5. The van der Waals surface area contributed by atoms with Gasteiger partial charge in [0, 0.05) is 32.8 Å². The average molecular weight is 292 g/mol. The molecule has 0 amide bonds. The van der Waals surface area contributed by atoms with Crippen LogP contribution >= 0.6 is 0 Å². The van der Waals surface area contributed by atoms with E-state index in [4.69, 9.17) is 0 Å². The summed E-state index contributed by atoms with van der Waals surface area (Å²) in [5.41, 5.74) is 0.174. The maximum absolute atomic E-state index is 12.9. The van der Waals surface area contributed by atoms with Gasteiger partial charge in [0.15, 0.2) is 5.82 Å². The first-order chi connectivity index (χ1) is 10.2. The van der Waals surface area contributed by atoms with Gasteiger partial charge in [-0.15, -0.1) is 0 Å². The van der Waals surface area contributed by atoms with E-state index in [1.165, 1.54) is 25.2 Å². The summed E-state index contributed by atoms with van der Waals surface area (Å²) in [4.78, 5) is 12.8. The van der Waals surface area contributed by atoms with Gasteiger partial charge in [-0.3, -0.25) is 4.90 Å². The standard InChI is InChI=1S/C15H21FN4O/c16-13-4-17-14(18-5-13)19-9-15(10-19)3-12(8-21)7-20(15)6-11-1-2-11/h4-5,11-12,21H,1-3,6-10H2/t12-/m0/s1. The van der Waals surface area contributed by atoms with Gasteiger partial charge in [0.05, 0.1) is 17.9 Å². The molecule has 1 aliphatic carbocycles. The minimum absolute atomic E-state index is 0.174. The first kappa shape index (κ1) is 13.4. The van der Waals surface area contributed by atoms with Gasteiger partial charge >= 0.3 is 0 Å². The molecule has 0 bridgehead atoms. The molecule has 5 nitrogen and oxygen atoms in total. The molecule has 1 N–H and O–H groups in total. The Bertz CT molecular complexity index is 513. The van der Waals surface area contributed by atoms with Crippen LogP contribution in [0.5, 0.6) is 0 Å². The zero-order chi connectivity index (χ0) is 14.4. The highest BCUT2D eigenvalue weighted by Gasteiger charge is 2.54. The zero-order valence-corrected chi connectivity index (χ0v) is 12.1. The zero-order valence-electron chi connectivity index (χ0n) is 12.1. The van der Waals surface area contributed by atoms with Crippen molar-refractivity contribution in [2.45, 2.75) is 24.8 Å². The molecule has 114 valence electrons. The van der Waals surface area contributed by atoms with E-state index in [2.05, 4.69) is 19.8 Å². The van der Waals surface area contributed by atoms with Crippen LogP contribution in [-0.2, 0) is 0 Å². The second-order valence-electron chi connectivity index (χ2n) is 6.88. The third-order valence-electron chi connectivity index (χ3n) is 5.11. The number of anilines is 1. The molecule has 3 aliphatic rings. The predicted octanol–water partition coefficient (Wildman–Crippen LogP) is 0.899. The molecule has 1 aromatic rings. The monoisotopic (exact) mass is 292 g/mol. The summed E-state index contributed by atoms with van der Waals surface area (Å²) < 4.78 is 12.9. The summed E-state index contributed by atoms with van der Waals surface area (Å²) in [6.07, 6.45) is 6.19. The van der Waals surface area contributed by atoms with Crippen molar-refractivity contribution in [3.63, 3.8) is 0 Å². The van der Waals surface area contributed by atoms with E-state index in [1.54, 1.807) is 0 Å². The van der Waals surface area contributed by atoms with Crippen molar-refractivity contribution in [1.82, 2.24) is 14.9 Å². The summed E-state index contributed by atoms with van der Waals surface area (Å²) in [6, 6.07) is 0. The summed E-state index contributed by atoms with van der Waals surface area (Å²) in [5, 5.41) is 9.49. The molecular formula is C15H21FN4O. The maximum atomic E-state index is 12.9. The second kappa shape index (κ2) is 4.88. The summed E-state index contributed by atoms with van der Waals surface area (Å²) in [7, 11) is 0. The summed E-state index contributed by atoms with van der Waals surface area (Å²) in [5.74, 6) is 1.46. The second-order valence-corrected chi connectivity index (χ2v) is 6.88. The van der Waals surface area contributed by atoms with Crippen molar-refractivity contribution in [3.05, 3.63) is 18.2 Å². The molecule has 1 aromatic heterocycles. The fraction of sp³-hybridized carbons (Fsp3) is 0.733. The van der Waals surface area contributed by atoms with Crippen LogP contribution in [-0.4, -0.2) is 58.3 Å². The number of nitrogens with zero attached hydrogens (tertiary/aromatic N) is 4. The van der Waals surface area contributed by atoms with Crippen LogP contribution in [0.1, 0.15) is 19.3 Å². The number of aliphatic hydroxyl groups excluding tert-OH is 1. The van der Waals surface area contributed by atoms with Crippen LogP contribution in [0.25, 0.3) is 0 Å². The van der Waals surface area contributed by atoms with Crippen molar-refractivity contribution >= 4 is 5.95 Å². The number of aliphatic hydroxyl groups is 1. The lowest BCUT2D eigenvalue weighted by Gasteiger charge is -2.53. The largest absolute Gasteiger partial charge is 0.396 e. The number of halogens is 1. The van der Waals surface area contributed by atoms with Crippen LogP contribution in [0.3, 0.4) is 0 Å². The van der Waals surface area contributed by atoms with E-state index in [9.17, 15) is 9.50 Å². The normalized spacial score (nSPS) is 28.1. The van der Waals surface area contributed by atoms with E-state index < -0.39 is 5.82 Å². The van der Waals surface area contributed by atoms with Crippen LogP contribution in [0.2, 0.25) is 0 Å². The smallest absolute Gasteiger partial charge is 0.225 e. The molecule has 3 fully saturated rings. The van der Waals surface area contributed by atoms with Gasteiger partial charge in [-0.05, 0) is 31.1 Å². The van der Waals surface area contributed by atoms with Gasteiger partial charge in [0.2, 0.25) is 5.95 Å². The van der Waals surface area contributed by atoms with E-state index in [0.717, 1.165) is 38.5 Å². The Morgan fingerprint density at radius 2 is 1.95 bits per heavy atom. The van der Waals surface area contributed by atoms with Gasteiger partial charge in [-0.25, -0.2) is 14.4 Å². The van der Waals surface area contributed by atoms with Crippen molar-refractivity contribution < 1.29 is 9.50 Å². The lowest BCUT2D eigenvalue weighted by molar-refractivity contribution is 0.0971. The number of likely N-dealkylation sites (tertiary alicyclic amines) is 1. The summed E-state index contributed by atoms with van der Waals surface area (Å²) >= 11 is 0. The van der Waals surface area contributed by atoms with Crippen molar-refractivity contribution in [2.24, 2.45) is 11.8 Å². The Labute approximate surface area is 123 Å². The Morgan fingerprint density at radius 1 is 1.24 bits per heavy atom. The Hall–Kier alpha value is -1.27. The topological polar surface area (TPSA) is 52.5 Å². The third-order valence-corrected chi connectivity index (χ3v) is 5.11. The Morgan fingerprint density at radius 3 is 2.57 bits per heavy atom. The molecule has 3 heterocycles. The molecule has 21 heavy (non-hydrogen) atoms. The van der Waals surface area contributed by atoms with Crippen molar-refractivity contribution in [1.29, 1.82) is 0 Å². The number of aromatic nitrogens is 2. The SMILES string of the molecule is OC[C@@H]1CN(CC2CC2)C2(C1)CN(c1ncc(F)cn1)C2. The molecule has 1 atom stereocenters. The lowest BCUT2D eigenvalue weighted by Crippen LogP contribution is -2.68. The van der Waals surface area contributed by atoms with E-state index >= 15 is 0 Å². The van der Waals surface area contributed by atoms with Gasteiger partial charge in [-0.2, -0.15) is 0 Å². The highest BCUT2D eigenvalue weighted by molar-refractivity contribution is 5.39. The van der Waals surface area contributed by atoms with E-state index in [-0.39, 0.29) is 12.1 Å². The molecule has 0 unspecified atom stereocenters. The fourth-order valence-corrected chi connectivity index (χ4v) is 3.84. The Kier molecular flexibility index (Phi) is 3.11. The minimum atomic E-state index is -0.398. The Balaban J connectivity index is 1.45. The van der Waals surface area contributed by atoms with Crippen molar-refractivity contribution in [3.8, 4) is 0 Å². The van der Waals surface area contributed by atoms with Gasteiger partial charge in [0.25, 0.3) is 0 Å². The third kappa shape index (κ3) is 2.40. The molecule has 6 heteroatoms. The quantitative estimate of drug-likeness (QED) is 0.893. The molecule has 0 aromatic carbocycles. The van der Waals surface area contributed by atoms with Crippen molar-refractivity contribution in [2.75, 3.05) is 37.7 Å². The van der Waals surface area contributed by atoms with Gasteiger partial charge < -0.3 is 10.0 Å². The molecule has 1 spiro atoms. The molecule has 4 rings (SSSR count). The van der Waals surface area contributed by atoms with Gasteiger partial charge in [0.1, 0.15) is 0 Å². The lowest BCUT2D eigenvalue weighted by atomic mass is 9.84. The fourth-order valence-electron chi connectivity index (χ4n) is 3.84. The first-order valence-corrected chi connectivity index (χ1v) is 7.77.